The highest BCUT2D eigenvalue weighted by atomic mass is 19.4. The van der Waals surface area contributed by atoms with Gasteiger partial charge in [0, 0.05) is 24.2 Å². The fourth-order valence-electron chi connectivity index (χ4n) is 4.51. The van der Waals surface area contributed by atoms with Gasteiger partial charge in [0.25, 0.3) is 5.91 Å². The highest BCUT2D eigenvalue weighted by Crippen LogP contribution is 2.39. The molecule has 4 aromatic rings. The van der Waals surface area contributed by atoms with Crippen LogP contribution in [-0.2, 0) is 11.3 Å². The molecule has 5 heterocycles. The third-order valence-electron chi connectivity index (χ3n) is 6.64. The van der Waals surface area contributed by atoms with Gasteiger partial charge in [-0.1, -0.05) is 6.07 Å². The molecular weight excluding hydrogens is 510 g/mol. The molecule has 0 atom stereocenters. The molecule has 6 rings (SSSR count). The van der Waals surface area contributed by atoms with Gasteiger partial charge >= 0.3 is 6.18 Å². The van der Waals surface area contributed by atoms with E-state index in [0.29, 0.717) is 34.0 Å². The molecule has 0 spiro atoms. The Morgan fingerprint density at radius 3 is 2.58 bits per heavy atom. The zero-order chi connectivity index (χ0) is 26.8. The van der Waals surface area contributed by atoms with Crippen LogP contribution in [0.2, 0.25) is 0 Å². The van der Waals surface area contributed by atoms with Crippen molar-refractivity contribution in [2.75, 3.05) is 29.5 Å². The van der Waals surface area contributed by atoms with Gasteiger partial charge in [-0.2, -0.15) is 13.2 Å². The number of carbonyl (C=O) groups excluding carboxylic acids is 1. The lowest BCUT2D eigenvalue weighted by Crippen LogP contribution is -2.69. The van der Waals surface area contributed by atoms with E-state index in [4.69, 9.17) is 4.74 Å². The summed E-state index contributed by atoms with van der Waals surface area (Å²) in [5.41, 5.74) is 0.322. The molecule has 1 N–H and O–H groups in total. The number of para-hydroxylation sites is 1. The van der Waals surface area contributed by atoms with E-state index in [-0.39, 0.29) is 30.8 Å². The molecule has 1 saturated heterocycles. The van der Waals surface area contributed by atoms with Crippen LogP contribution in [0.4, 0.5) is 29.2 Å². The number of fused-ring (bicyclic) bond motifs is 2. The number of amides is 1. The number of benzene rings is 1. The molecule has 0 radical (unpaired) electrons. The van der Waals surface area contributed by atoms with E-state index in [0.717, 1.165) is 0 Å². The Bertz CT molecular complexity index is 1570. The average molecular weight is 529 g/mol. The van der Waals surface area contributed by atoms with Gasteiger partial charge in [-0.3, -0.25) is 19.1 Å². The number of anilines is 2. The number of carbonyl (C=O) groups is 1. The second-order valence-corrected chi connectivity index (χ2v) is 9.16. The number of nitrogens with zero attached hydrogens (tertiary/aromatic N) is 7. The van der Waals surface area contributed by atoms with Crippen molar-refractivity contribution in [3.63, 3.8) is 0 Å². The van der Waals surface area contributed by atoms with Crippen molar-refractivity contribution in [1.82, 2.24) is 24.3 Å². The first-order valence-corrected chi connectivity index (χ1v) is 11.5. The fourth-order valence-corrected chi connectivity index (χ4v) is 4.51. The maximum atomic E-state index is 14.3. The predicted molar refractivity (Wildman–Crippen MR) is 125 cm³/mol. The van der Waals surface area contributed by atoms with Crippen LogP contribution in [0.5, 0.6) is 5.75 Å². The summed E-state index contributed by atoms with van der Waals surface area (Å²) in [5.74, 6) is -0.834. The molecule has 0 aliphatic carbocycles. The number of β-amino-alcohol motifs (C(OH)–C–C–N with tert-alkyl or cyclic N) is 1. The molecule has 0 saturated carbocycles. The summed E-state index contributed by atoms with van der Waals surface area (Å²) in [7, 11) is 0. The summed E-state index contributed by atoms with van der Waals surface area (Å²) in [6.45, 7) is 0.293. The van der Waals surface area contributed by atoms with Gasteiger partial charge in [0.2, 0.25) is 5.95 Å². The summed E-state index contributed by atoms with van der Waals surface area (Å²) in [6, 6.07) is 4.36. The Morgan fingerprint density at radius 1 is 1.13 bits per heavy atom. The van der Waals surface area contributed by atoms with Crippen LogP contribution in [0.3, 0.4) is 0 Å². The molecule has 1 aromatic carbocycles. The second kappa shape index (κ2) is 8.34. The van der Waals surface area contributed by atoms with Crippen LogP contribution in [0.15, 0.2) is 43.0 Å². The molecule has 38 heavy (non-hydrogen) atoms. The quantitative estimate of drug-likeness (QED) is 0.402. The predicted octanol–water partition coefficient (Wildman–Crippen LogP) is 2.67. The molecule has 2 aliphatic heterocycles. The number of aryl methyl sites for hydroxylation is 1. The number of rotatable bonds is 4. The van der Waals surface area contributed by atoms with Crippen molar-refractivity contribution < 1.29 is 32.2 Å². The summed E-state index contributed by atoms with van der Waals surface area (Å²) in [6.07, 6.45) is 1.34. The van der Waals surface area contributed by atoms with Crippen LogP contribution < -0.4 is 14.5 Å². The summed E-state index contributed by atoms with van der Waals surface area (Å²) < 4.78 is 60.0. The monoisotopic (exact) mass is 529 g/mol. The summed E-state index contributed by atoms with van der Waals surface area (Å²) in [5, 5.41) is 9.65. The highest BCUT2D eigenvalue weighted by molar-refractivity contribution is 5.97. The molecule has 3 aromatic heterocycles. The van der Waals surface area contributed by atoms with Gasteiger partial charge in [-0.05, 0) is 19.1 Å². The first-order chi connectivity index (χ1) is 18.0. The van der Waals surface area contributed by atoms with Crippen molar-refractivity contribution in [2.24, 2.45) is 0 Å². The summed E-state index contributed by atoms with van der Waals surface area (Å²) >= 11 is 0. The number of halogens is 4. The number of aromatic nitrogens is 5. The topological polar surface area (TPSA) is 109 Å². The van der Waals surface area contributed by atoms with Gasteiger partial charge in [0.05, 0.1) is 48.6 Å². The largest absolute Gasteiger partial charge is 0.478 e. The Kier molecular flexibility index (Phi) is 5.28. The molecule has 0 unspecified atom stereocenters. The van der Waals surface area contributed by atoms with Crippen molar-refractivity contribution in [2.45, 2.75) is 25.2 Å². The summed E-state index contributed by atoms with van der Waals surface area (Å²) in [4.78, 5) is 32.5. The fraction of sp³-hybridized carbons (Fsp3) is 0.292. The minimum absolute atomic E-state index is 0.00837. The molecule has 196 valence electrons. The highest BCUT2D eigenvalue weighted by Gasteiger charge is 2.61. The normalized spacial score (nSPS) is 16.8. The van der Waals surface area contributed by atoms with E-state index in [2.05, 4.69) is 19.9 Å². The molecule has 2 aliphatic rings. The molecule has 0 bridgehead atoms. The second-order valence-electron chi connectivity index (χ2n) is 9.16. The van der Waals surface area contributed by atoms with Crippen LogP contribution >= 0.6 is 0 Å². The van der Waals surface area contributed by atoms with E-state index in [1.807, 2.05) is 0 Å². The van der Waals surface area contributed by atoms with E-state index < -0.39 is 30.7 Å². The SMILES string of the molecule is Cc1nc2cnc(-c3cnc(N4CC(O)(C(F)(F)F)C4)nc3)cn2c1CN1C(=O)COc2c(F)cccc21. The number of hydrogen-bond acceptors (Lipinski definition) is 8. The Balaban J connectivity index is 1.28. The van der Waals surface area contributed by atoms with E-state index in [9.17, 15) is 27.5 Å². The Hall–Kier alpha value is -4.33. The lowest BCUT2D eigenvalue weighted by molar-refractivity contribution is -0.267. The standard InChI is InChI=1S/C24H19F4N7O3/c1-13-18(9-35-17-4-2-3-15(25)21(17)38-10-20(35)36)34-8-16(29-7-19(34)32-13)14-5-30-22(31-6-14)33-11-23(37,12-33)24(26,27)28/h2-8,37H,9-12H2,1H3. The van der Waals surface area contributed by atoms with Gasteiger partial charge in [0.15, 0.2) is 29.4 Å². The van der Waals surface area contributed by atoms with E-state index >= 15 is 0 Å². The zero-order valence-electron chi connectivity index (χ0n) is 19.8. The van der Waals surface area contributed by atoms with E-state index in [1.165, 1.54) is 40.5 Å². The minimum atomic E-state index is -4.73. The van der Waals surface area contributed by atoms with Crippen LogP contribution in [-0.4, -0.2) is 66.8 Å². The number of ether oxygens (including phenoxy) is 1. The molecule has 1 amide bonds. The lowest BCUT2D eigenvalue weighted by Gasteiger charge is -2.46. The maximum absolute atomic E-state index is 14.3. The van der Waals surface area contributed by atoms with E-state index in [1.54, 1.807) is 23.6 Å². The number of alkyl halides is 3. The Labute approximate surface area is 212 Å². The van der Waals surface area contributed by atoms with Gasteiger partial charge < -0.3 is 14.7 Å². The smallest absolute Gasteiger partial charge is 0.420 e. The number of imidazole rings is 1. The molecule has 1 fully saturated rings. The van der Waals surface area contributed by atoms with Gasteiger partial charge in [-0.15, -0.1) is 0 Å². The van der Waals surface area contributed by atoms with Crippen LogP contribution in [0.25, 0.3) is 16.9 Å². The zero-order valence-corrected chi connectivity index (χ0v) is 19.8. The van der Waals surface area contributed by atoms with Crippen molar-refractivity contribution in [1.29, 1.82) is 0 Å². The van der Waals surface area contributed by atoms with Crippen LogP contribution in [0, 0.1) is 12.7 Å². The minimum Gasteiger partial charge on any atom is -0.478 e. The first-order valence-electron chi connectivity index (χ1n) is 11.5. The third kappa shape index (κ3) is 3.79. The first kappa shape index (κ1) is 24.0. The third-order valence-corrected chi connectivity index (χ3v) is 6.64. The number of aliphatic hydroxyl groups is 1. The van der Waals surface area contributed by atoms with Crippen LogP contribution in [0.1, 0.15) is 11.4 Å². The van der Waals surface area contributed by atoms with Crippen molar-refractivity contribution in [3.8, 4) is 17.0 Å². The average Bonchev–Trinajstić information content (AvgIpc) is 3.17. The number of hydrogen-bond donors (Lipinski definition) is 1. The maximum Gasteiger partial charge on any atom is 0.420 e. The molecule has 10 nitrogen and oxygen atoms in total. The molecule has 14 heteroatoms. The Morgan fingerprint density at radius 2 is 1.87 bits per heavy atom. The van der Waals surface area contributed by atoms with Gasteiger partial charge in [0.1, 0.15) is 0 Å². The molecular formula is C24H19F4N7O3. The lowest BCUT2D eigenvalue weighted by atomic mass is 9.94. The van der Waals surface area contributed by atoms with Crippen molar-refractivity contribution >= 4 is 23.2 Å². The van der Waals surface area contributed by atoms with Gasteiger partial charge in [-0.25, -0.2) is 19.3 Å². The van der Waals surface area contributed by atoms with Crippen molar-refractivity contribution in [3.05, 3.63) is 60.2 Å².